The molecule has 9 heteroatoms. The van der Waals surface area contributed by atoms with Gasteiger partial charge in [0.15, 0.2) is 5.96 Å². The smallest absolute Gasteiger partial charge is 0.209 e. The van der Waals surface area contributed by atoms with Crippen molar-refractivity contribution >= 4 is 40.0 Å². The Labute approximate surface area is 167 Å². The van der Waals surface area contributed by atoms with Crippen LogP contribution >= 0.6 is 24.0 Å². The summed E-state index contributed by atoms with van der Waals surface area (Å²) in [7, 11) is -1.58. The minimum absolute atomic E-state index is 0. The molecule has 0 bridgehead atoms. The van der Waals surface area contributed by atoms with E-state index in [-0.39, 0.29) is 30.0 Å². The van der Waals surface area contributed by atoms with Gasteiger partial charge in [-0.1, -0.05) is 18.2 Å². The maximum atomic E-state index is 11.4. The Hall–Kier alpha value is -1.07. The average molecular weight is 482 g/mol. The fourth-order valence-corrected chi connectivity index (χ4v) is 3.77. The number of fused-ring (bicyclic) bond motifs is 1. The molecule has 1 heterocycles. The van der Waals surface area contributed by atoms with Crippen molar-refractivity contribution in [2.75, 3.05) is 26.5 Å². The summed E-state index contributed by atoms with van der Waals surface area (Å²) in [5.41, 5.74) is 0.471. The van der Waals surface area contributed by atoms with Crippen LogP contribution < -0.4 is 20.1 Å². The van der Waals surface area contributed by atoms with Gasteiger partial charge in [0, 0.05) is 31.1 Å². The number of nitrogens with one attached hydrogen (secondary N) is 3. The monoisotopic (exact) mass is 482 g/mol. The lowest BCUT2D eigenvalue weighted by molar-refractivity contribution is 0.261. The lowest BCUT2D eigenvalue weighted by Gasteiger charge is -2.30. The van der Waals surface area contributed by atoms with Crippen LogP contribution in [0.15, 0.2) is 29.3 Å². The van der Waals surface area contributed by atoms with E-state index in [1.165, 1.54) is 0 Å². The first-order chi connectivity index (χ1) is 11.2. The molecule has 0 spiro atoms. The van der Waals surface area contributed by atoms with E-state index in [1.54, 1.807) is 7.05 Å². The number of hydrogen-bond acceptors (Lipinski definition) is 4. The highest BCUT2D eigenvalue weighted by Gasteiger charge is 2.24. The minimum atomic E-state index is -3.27. The van der Waals surface area contributed by atoms with Gasteiger partial charge in [-0.2, -0.15) is 0 Å². The van der Waals surface area contributed by atoms with Crippen LogP contribution in [-0.4, -0.2) is 46.4 Å². The summed E-state index contributed by atoms with van der Waals surface area (Å²) < 4.78 is 31.1. The topological polar surface area (TPSA) is 91.8 Å². The van der Waals surface area contributed by atoms with Crippen LogP contribution in [-0.2, 0) is 10.0 Å². The molecule has 1 atom stereocenters. The zero-order valence-corrected chi connectivity index (χ0v) is 18.1. The fourth-order valence-electron chi connectivity index (χ4n) is 2.69. The van der Waals surface area contributed by atoms with Gasteiger partial charge in [-0.05, 0) is 19.9 Å². The van der Waals surface area contributed by atoms with Crippen molar-refractivity contribution in [3.05, 3.63) is 29.8 Å². The molecule has 1 aromatic carbocycles. The third-order valence-corrected chi connectivity index (χ3v) is 4.58. The summed E-state index contributed by atoms with van der Waals surface area (Å²) in [5.74, 6) is 1.51. The summed E-state index contributed by atoms with van der Waals surface area (Å²) in [6.45, 7) is 4.69. The molecule has 3 N–H and O–H groups in total. The number of guanidine groups is 1. The van der Waals surface area contributed by atoms with Crippen LogP contribution in [0.4, 0.5) is 0 Å². The molecule has 7 nitrogen and oxygen atoms in total. The first-order valence-corrected chi connectivity index (χ1v) is 9.77. The number of aliphatic imine (C=N–C) groups is 1. The van der Waals surface area contributed by atoms with E-state index in [0.717, 1.165) is 24.0 Å². The largest absolute Gasteiger partial charge is 0.493 e. The Kier molecular flexibility index (Phi) is 7.94. The highest BCUT2D eigenvalue weighted by atomic mass is 127. The second-order valence-corrected chi connectivity index (χ2v) is 8.30. The van der Waals surface area contributed by atoms with E-state index >= 15 is 0 Å². The molecule has 0 aliphatic carbocycles. The number of sulfonamides is 1. The van der Waals surface area contributed by atoms with Crippen LogP contribution in [0.25, 0.3) is 0 Å². The minimum Gasteiger partial charge on any atom is -0.493 e. The van der Waals surface area contributed by atoms with Crippen molar-refractivity contribution in [1.29, 1.82) is 0 Å². The molecule has 1 aromatic rings. The van der Waals surface area contributed by atoms with Crippen LogP contribution in [0.5, 0.6) is 5.75 Å². The summed E-state index contributed by atoms with van der Waals surface area (Å²) in [6, 6.07) is 8.03. The fraction of sp³-hybridized carbons (Fsp3) is 0.562. The van der Waals surface area contributed by atoms with Gasteiger partial charge in [-0.15, -0.1) is 24.0 Å². The molecule has 1 unspecified atom stereocenters. The Morgan fingerprint density at radius 2 is 2.04 bits per heavy atom. The van der Waals surface area contributed by atoms with Crippen molar-refractivity contribution in [2.24, 2.45) is 4.99 Å². The van der Waals surface area contributed by atoms with Crippen molar-refractivity contribution in [3.8, 4) is 5.75 Å². The molecule has 2 rings (SSSR count). The maximum Gasteiger partial charge on any atom is 0.209 e. The van der Waals surface area contributed by atoms with Crippen LogP contribution in [0.1, 0.15) is 31.9 Å². The normalized spacial score (nSPS) is 17.8. The molecule has 25 heavy (non-hydrogen) atoms. The third-order valence-electron chi connectivity index (χ3n) is 3.65. The zero-order valence-electron chi connectivity index (χ0n) is 15.0. The maximum absolute atomic E-state index is 11.4. The lowest BCUT2D eigenvalue weighted by Crippen LogP contribution is -2.53. The molecule has 0 saturated carbocycles. The van der Waals surface area contributed by atoms with Crippen LogP contribution in [0.3, 0.4) is 0 Å². The Morgan fingerprint density at radius 1 is 1.36 bits per heavy atom. The predicted molar refractivity (Wildman–Crippen MR) is 111 cm³/mol. The van der Waals surface area contributed by atoms with Gasteiger partial charge in [0.2, 0.25) is 10.0 Å². The van der Waals surface area contributed by atoms with E-state index < -0.39 is 15.6 Å². The van der Waals surface area contributed by atoms with Gasteiger partial charge in [0.25, 0.3) is 0 Å². The summed E-state index contributed by atoms with van der Waals surface area (Å²) >= 11 is 0. The van der Waals surface area contributed by atoms with Gasteiger partial charge >= 0.3 is 0 Å². The molecule has 0 radical (unpaired) electrons. The Balaban J connectivity index is 0.00000312. The number of ether oxygens (including phenoxy) is 1. The second-order valence-electron chi connectivity index (χ2n) is 6.56. The lowest BCUT2D eigenvalue weighted by atomic mass is 10.0. The van der Waals surface area contributed by atoms with Crippen molar-refractivity contribution in [1.82, 2.24) is 15.4 Å². The van der Waals surface area contributed by atoms with Crippen molar-refractivity contribution in [3.63, 3.8) is 0 Å². The summed E-state index contributed by atoms with van der Waals surface area (Å²) in [5, 5.41) is 6.56. The summed E-state index contributed by atoms with van der Waals surface area (Å²) in [4.78, 5) is 4.23. The molecular weight excluding hydrogens is 455 g/mol. The van der Waals surface area contributed by atoms with Gasteiger partial charge in [0.05, 0.1) is 18.9 Å². The molecule has 1 aliphatic heterocycles. The number of para-hydroxylation sites is 1. The Morgan fingerprint density at radius 3 is 2.68 bits per heavy atom. The first-order valence-electron chi connectivity index (χ1n) is 7.88. The van der Waals surface area contributed by atoms with Crippen molar-refractivity contribution < 1.29 is 13.2 Å². The molecule has 0 fully saturated rings. The number of halogens is 1. The summed E-state index contributed by atoms with van der Waals surface area (Å²) in [6.07, 6.45) is 1.99. The average Bonchev–Trinajstić information content (AvgIpc) is 2.49. The second kappa shape index (κ2) is 9.04. The third kappa shape index (κ3) is 6.98. The van der Waals surface area contributed by atoms with Crippen LogP contribution in [0, 0.1) is 0 Å². The standard InChI is InChI=1S/C16H26N4O3S.HI/c1-16(2,20-24(4,21)22)11-18-15(17-3)19-13-9-10-23-14-8-6-5-7-12(13)14;/h5-8,13,20H,9-11H2,1-4H3,(H2,17,18,19);1H. The number of nitrogens with zero attached hydrogens (tertiary/aromatic N) is 1. The van der Waals surface area contributed by atoms with Crippen LogP contribution in [0.2, 0.25) is 0 Å². The van der Waals surface area contributed by atoms with Gasteiger partial charge in [-0.25, -0.2) is 13.1 Å². The molecule has 1 aliphatic rings. The van der Waals surface area contributed by atoms with E-state index in [9.17, 15) is 8.42 Å². The Bertz CT molecular complexity index is 707. The van der Waals surface area contributed by atoms with E-state index in [2.05, 4.69) is 20.3 Å². The van der Waals surface area contributed by atoms with Crippen molar-refractivity contribution in [2.45, 2.75) is 31.8 Å². The SMILES string of the molecule is CN=C(NCC(C)(C)NS(C)(=O)=O)NC1CCOc2ccccc21.I. The van der Waals surface area contributed by atoms with E-state index in [0.29, 0.717) is 19.1 Å². The quantitative estimate of drug-likeness (QED) is 0.337. The molecule has 0 aromatic heterocycles. The number of hydrogen-bond donors (Lipinski definition) is 3. The van der Waals surface area contributed by atoms with E-state index in [1.807, 2.05) is 38.1 Å². The van der Waals surface area contributed by atoms with Gasteiger partial charge in [0.1, 0.15) is 5.75 Å². The van der Waals surface area contributed by atoms with E-state index in [4.69, 9.17) is 4.74 Å². The molecule has 0 saturated heterocycles. The number of rotatable bonds is 5. The number of benzene rings is 1. The molecule has 0 amide bonds. The highest BCUT2D eigenvalue weighted by Crippen LogP contribution is 2.31. The molecule has 142 valence electrons. The van der Waals surface area contributed by atoms with Gasteiger partial charge < -0.3 is 15.4 Å². The molecular formula is C16H27IN4O3S. The zero-order chi connectivity index (χ0) is 17.8. The highest BCUT2D eigenvalue weighted by molar-refractivity contribution is 14.0. The predicted octanol–water partition coefficient (Wildman–Crippen LogP) is 1.62. The van der Waals surface area contributed by atoms with Gasteiger partial charge in [-0.3, -0.25) is 4.99 Å². The first kappa shape index (κ1) is 22.0.